The Morgan fingerprint density at radius 3 is 2.83 bits per heavy atom. The van der Waals surface area contributed by atoms with Gasteiger partial charge in [0.2, 0.25) is 0 Å². The van der Waals surface area contributed by atoms with Crippen molar-refractivity contribution in [3.8, 4) is 0 Å². The highest BCUT2D eigenvalue weighted by Gasteiger charge is 2.26. The summed E-state index contributed by atoms with van der Waals surface area (Å²) in [7, 11) is 2.01. The number of carbonyl (C=O) groups excluding carboxylic acids is 1. The average molecular weight is 338 g/mol. The number of hydrogen-bond donors (Lipinski definition) is 2. The number of benzene rings is 1. The molecule has 1 fully saturated rings. The Bertz CT molecular complexity index is 658. The first kappa shape index (κ1) is 17.4. The van der Waals surface area contributed by atoms with Crippen LogP contribution < -0.4 is 10.6 Å². The summed E-state index contributed by atoms with van der Waals surface area (Å²) in [4.78, 5) is 18.5. The highest BCUT2D eigenvalue weighted by molar-refractivity contribution is 6.00. The van der Waals surface area contributed by atoms with Crippen molar-refractivity contribution in [3.05, 3.63) is 41.5 Å². The van der Waals surface area contributed by atoms with Crippen LogP contribution in [0.3, 0.4) is 0 Å². The van der Waals surface area contributed by atoms with Crippen molar-refractivity contribution in [1.82, 2.24) is 20.4 Å². The van der Waals surface area contributed by atoms with Gasteiger partial charge in [-0.2, -0.15) is 4.98 Å². The van der Waals surface area contributed by atoms with Crippen LogP contribution in [-0.4, -0.2) is 47.6 Å². The van der Waals surface area contributed by atoms with Crippen molar-refractivity contribution in [2.45, 2.75) is 13.0 Å². The quantitative estimate of drug-likeness (QED) is 0.885. The summed E-state index contributed by atoms with van der Waals surface area (Å²) in [6.07, 6.45) is 0. The number of nitrogens with zero attached hydrogens (tertiary/aromatic N) is 3. The molecule has 1 aliphatic heterocycles. The first-order chi connectivity index (χ1) is 10.6. The smallest absolute Gasteiger partial charge is 0.316 e. The molecule has 1 aromatic carbocycles. The Balaban J connectivity index is 0.00000192. The molecule has 1 unspecified atom stereocenters. The number of halogens is 1. The zero-order valence-electron chi connectivity index (χ0n) is 13.1. The number of aryl methyl sites for hydroxylation is 1. The maximum Gasteiger partial charge on any atom is 0.316 e. The summed E-state index contributed by atoms with van der Waals surface area (Å²) in [5.41, 5.74) is 1.83. The molecule has 0 radical (unpaired) electrons. The van der Waals surface area contributed by atoms with Gasteiger partial charge in [0.15, 0.2) is 5.82 Å². The molecule has 0 spiro atoms. The largest absolute Gasteiger partial charge is 0.328 e. The van der Waals surface area contributed by atoms with Gasteiger partial charge in [-0.25, -0.2) is 0 Å². The topological polar surface area (TPSA) is 83.3 Å². The van der Waals surface area contributed by atoms with Gasteiger partial charge in [-0.1, -0.05) is 22.9 Å². The van der Waals surface area contributed by atoms with E-state index in [0.29, 0.717) is 11.5 Å². The van der Waals surface area contributed by atoms with Gasteiger partial charge in [-0.15, -0.1) is 12.4 Å². The lowest BCUT2D eigenvalue weighted by atomic mass is 10.2. The monoisotopic (exact) mass is 337 g/mol. The van der Waals surface area contributed by atoms with Gasteiger partial charge < -0.3 is 15.2 Å². The summed E-state index contributed by atoms with van der Waals surface area (Å²) in [6, 6.07) is 7.56. The van der Waals surface area contributed by atoms with Gasteiger partial charge in [0, 0.05) is 25.3 Å². The lowest BCUT2D eigenvalue weighted by Crippen LogP contribution is -2.44. The maximum atomic E-state index is 12.1. The Labute approximate surface area is 140 Å². The van der Waals surface area contributed by atoms with Crippen molar-refractivity contribution in [3.63, 3.8) is 0 Å². The molecule has 1 aromatic heterocycles. The highest BCUT2D eigenvalue weighted by atomic mass is 35.5. The molecule has 0 aliphatic carbocycles. The van der Waals surface area contributed by atoms with E-state index >= 15 is 0 Å². The molecule has 1 atom stereocenters. The van der Waals surface area contributed by atoms with Crippen LogP contribution in [0.25, 0.3) is 0 Å². The van der Waals surface area contributed by atoms with Crippen LogP contribution in [0.4, 0.5) is 5.69 Å². The number of amides is 1. The third-order valence-corrected chi connectivity index (χ3v) is 3.75. The summed E-state index contributed by atoms with van der Waals surface area (Å²) in [6.45, 7) is 4.58. The van der Waals surface area contributed by atoms with Gasteiger partial charge in [-0.05, 0) is 26.1 Å². The van der Waals surface area contributed by atoms with Crippen LogP contribution in [0.5, 0.6) is 0 Å². The van der Waals surface area contributed by atoms with E-state index in [1.807, 2.05) is 38.2 Å². The lowest BCUT2D eigenvalue weighted by molar-refractivity contribution is 0.0981. The van der Waals surface area contributed by atoms with Crippen LogP contribution in [0, 0.1) is 6.92 Å². The zero-order valence-corrected chi connectivity index (χ0v) is 13.9. The minimum atomic E-state index is -0.394. The van der Waals surface area contributed by atoms with E-state index in [0.717, 1.165) is 25.2 Å². The van der Waals surface area contributed by atoms with Gasteiger partial charge in [0.05, 0.1) is 6.04 Å². The fraction of sp³-hybridized carbons (Fsp3) is 0.400. The molecule has 1 saturated heterocycles. The predicted octanol–water partition coefficient (Wildman–Crippen LogP) is 1.63. The van der Waals surface area contributed by atoms with Crippen LogP contribution in [0.1, 0.15) is 28.1 Å². The normalized spacial score (nSPS) is 18.3. The molecule has 0 saturated carbocycles. The van der Waals surface area contributed by atoms with Gasteiger partial charge in [0.1, 0.15) is 0 Å². The van der Waals surface area contributed by atoms with Crippen molar-refractivity contribution < 1.29 is 9.32 Å². The molecule has 2 N–H and O–H groups in total. The van der Waals surface area contributed by atoms with E-state index in [-0.39, 0.29) is 24.3 Å². The van der Waals surface area contributed by atoms with Crippen LogP contribution in [0.15, 0.2) is 28.8 Å². The molecule has 7 nitrogen and oxygen atoms in total. The molecule has 1 aliphatic rings. The van der Waals surface area contributed by atoms with E-state index in [1.165, 1.54) is 0 Å². The molecule has 8 heteroatoms. The predicted molar refractivity (Wildman–Crippen MR) is 88.9 cm³/mol. The summed E-state index contributed by atoms with van der Waals surface area (Å²) < 4.78 is 5.10. The molecular weight excluding hydrogens is 318 g/mol. The number of carbonyl (C=O) groups is 1. The van der Waals surface area contributed by atoms with Gasteiger partial charge >= 0.3 is 11.8 Å². The number of nitrogens with one attached hydrogen (secondary N) is 2. The minimum absolute atomic E-state index is 0. The van der Waals surface area contributed by atoms with Crippen molar-refractivity contribution in [2.75, 3.05) is 32.0 Å². The van der Waals surface area contributed by atoms with Crippen molar-refractivity contribution >= 4 is 24.0 Å². The molecule has 124 valence electrons. The van der Waals surface area contributed by atoms with E-state index in [9.17, 15) is 4.79 Å². The number of likely N-dealkylation sites (N-methyl/N-ethyl adjacent to an activating group) is 1. The summed E-state index contributed by atoms with van der Waals surface area (Å²) in [5, 5.41) is 9.97. The molecule has 3 rings (SSSR count). The van der Waals surface area contributed by atoms with Crippen LogP contribution in [-0.2, 0) is 0 Å². The molecule has 0 bridgehead atoms. The Morgan fingerprint density at radius 2 is 2.13 bits per heavy atom. The van der Waals surface area contributed by atoms with Crippen LogP contribution >= 0.6 is 12.4 Å². The fourth-order valence-corrected chi connectivity index (χ4v) is 2.38. The van der Waals surface area contributed by atoms with Gasteiger partial charge in [-0.3, -0.25) is 9.69 Å². The van der Waals surface area contributed by atoms with Crippen LogP contribution in [0.2, 0.25) is 0 Å². The third kappa shape index (κ3) is 4.07. The van der Waals surface area contributed by atoms with E-state index in [4.69, 9.17) is 4.52 Å². The molecule has 1 amide bonds. The second kappa shape index (κ2) is 7.54. The Kier molecular flexibility index (Phi) is 5.70. The summed E-state index contributed by atoms with van der Waals surface area (Å²) in [5.74, 6) is 0.118. The SMILES string of the molecule is Cc1ccc(NC(=O)c2nc(C3CNCCN3C)no2)cc1.Cl. The molecular formula is C15H20ClN5O2. The van der Waals surface area contributed by atoms with E-state index in [1.54, 1.807) is 0 Å². The van der Waals surface area contributed by atoms with E-state index in [2.05, 4.69) is 25.7 Å². The number of hydrogen-bond acceptors (Lipinski definition) is 6. The number of aromatic nitrogens is 2. The second-order valence-electron chi connectivity index (χ2n) is 5.48. The van der Waals surface area contributed by atoms with Crippen molar-refractivity contribution in [2.24, 2.45) is 0 Å². The fourth-order valence-electron chi connectivity index (χ4n) is 2.38. The molecule has 2 aromatic rings. The Morgan fingerprint density at radius 1 is 1.39 bits per heavy atom. The second-order valence-corrected chi connectivity index (χ2v) is 5.48. The highest BCUT2D eigenvalue weighted by Crippen LogP contribution is 2.18. The first-order valence-corrected chi connectivity index (χ1v) is 7.26. The molecule has 23 heavy (non-hydrogen) atoms. The molecule has 2 heterocycles. The van der Waals surface area contributed by atoms with E-state index < -0.39 is 5.91 Å². The standard InChI is InChI=1S/C15H19N5O2.ClH/c1-10-3-5-11(6-4-10)17-14(21)15-18-13(19-22-15)12-9-16-7-8-20(12)2;/h3-6,12,16H,7-9H2,1-2H3,(H,17,21);1H. The van der Waals surface area contributed by atoms with Gasteiger partial charge in [0.25, 0.3) is 0 Å². The Hall–Kier alpha value is -1.96. The average Bonchev–Trinajstić information content (AvgIpc) is 3.00. The van der Waals surface area contributed by atoms with Crippen molar-refractivity contribution in [1.29, 1.82) is 0 Å². The summed E-state index contributed by atoms with van der Waals surface area (Å²) >= 11 is 0. The third-order valence-electron chi connectivity index (χ3n) is 3.75. The first-order valence-electron chi connectivity index (χ1n) is 7.26. The minimum Gasteiger partial charge on any atom is -0.328 e. The lowest BCUT2D eigenvalue weighted by Gasteiger charge is -2.30. The maximum absolute atomic E-state index is 12.1. The number of piperazine rings is 1. The number of rotatable bonds is 3. The number of anilines is 1. The zero-order chi connectivity index (χ0) is 15.5.